The summed E-state index contributed by atoms with van der Waals surface area (Å²) in [6, 6.07) is 18.8. The standard InChI is InChI=1S/C20H23ClOS/c1-3-19-13-18(20-12-8-7-9-16(20)2)15-23(19,21)22-14-17-10-5-4-6-11-17/h3-12,18-19H,1,13-15H2,2H3. The Morgan fingerprint density at radius 2 is 1.87 bits per heavy atom. The van der Waals surface area contributed by atoms with E-state index in [9.17, 15) is 0 Å². The Hall–Kier alpha value is -1.22. The first-order valence-electron chi connectivity index (χ1n) is 7.98. The summed E-state index contributed by atoms with van der Waals surface area (Å²) in [5, 5.41) is 0.248. The summed E-state index contributed by atoms with van der Waals surface area (Å²) in [5.74, 6) is 1.37. The van der Waals surface area contributed by atoms with E-state index in [1.165, 1.54) is 16.7 Å². The van der Waals surface area contributed by atoms with E-state index in [1.54, 1.807) is 0 Å². The SMILES string of the molecule is C=CC1CC(c2ccccc2C)CS1(Cl)OCc1ccccc1. The lowest BCUT2D eigenvalue weighted by Gasteiger charge is -2.32. The average Bonchev–Trinajstić information content (AvgIpc) is 2.91. The molecule has 3 unspecified atom stereocenters. The lowest BCUT2D eigenvalue weighted by Crippen LogP contribution is -2.09. The summed E-state index contributed by atoms with van der Waals surface area (Å²) < 4.78 is 6.25. The summed E-state index contributed by atoms with van der Waals surface area (Å²) in [6.45, 7) is 6.75. The molecule has 2 aromatic rings. The lowest BCUT2D eigenvalue weighted by atomic mass is 9.93. The number of hydrogen-bond donors (Lipinski definition) is 0. The first-order chi connectivity index (χ1) is 11.1. The summed E-state index contributed by atoms with van der Waals surface area (Å²) in [4.78, 5) is 0. The van der Waals surface area contributed by atoms with Gasteiger partial charge >= 0.3 is 0 Å². The molecule has 2 aromatic carbocycles. The fourth-order valence-electron chi connectivity index (χ4n) is 3.27. The molecule has 0 aliphatic carbocycles. The van der Waals surface area contributed by atoms with Crippen molar-refractivity contribution in [1.29, 1.82) is 0 Å². The van der Waals surface area contributed by atoms with E-state index < -0.39 is 9.52 Å². The molecule has 0 spiro atoms. The van der Waals surface area contributed by atoms with E-state index in [1.807, 2.05) is 24.3 Å². The minimum atomic E-state index is -1.65. The van der Waals surface area contributed by atoms with Gasteiger partial charge in [-0.2, -0.15) is 0 Å². The molecule has 23 heavy (non-hydrogen) atoms. The van der Waals surface area contributed by atoms with Crippen LogP contribution < -0.4 is 0 Å². The van der Waals surface area contributed by atoms with Gasteiger partial charge in [-0.25, -0.2) is 0 Å². The number of benzene rings is 2. The molecule has 0 amide bonds. The molecule has 0 radical (unpaired) electrons. The van der Waals surface area contributed by atoms with Crippen molar-refractivity contribution in [2.45, 2.75) is 31.1 Å². The van der Waals surface area contributed by atoms with Crippen molar-refractivity contribution < 1.29 is 4.18 Å². The summed E-state index contributed by atoms with van der Waals surface area (Å²) in [7, 11) is 5.32. The summed E-state index contributed by atoms with van der Waals surface area (Å²) in [5.41, 5.74) is 3.91. The zero-order valence-electron chi connectivity index (χ0n) is 13.5. The average molecular weight is 347 g/mol. The van der Waals surface area contributed by atoms with Gasteiger partial charge in [0.2, 0.25) is 0 Å². The van der Waals surface area contributed by atoms with Gasteiger partial charge < -0.3 is 4.18 Å². The predicted molar refractivity (Wildman–Crippen MR) is 102 cm³/mol. The molecule has 3 atom stereocenters. The Kier molecular flexibility index (Phi) is 5.15. The van der Waals surface area contributed by atoms with Gasteiger partial charge in [-0.1, -0.05) is 60.7 Å². The van der Waals surface area contributed by atoms with Gasteiger partial charge in [0.05, 0.1) is 6.61 Å². The Morgan fingerprint density at radius 1 is 1.17 bits per heavy atom. The number of rotatable bonds is 5. The molecular formula is C20H23ClOS. The van der Waals surface area contributed by atoms with Crippen molar-refractivity contribution in [3.63, 3.8) is 0 Å². The van der Waals surface area contributed by atoms with Gasteiger partial charge in [0.15, 0.2) is 0 Å². The second kappa shape index (κ2) is 7.12. The van der Waals surface area contributed by atoms with E-state index >= 15 is 0 Å². The van der Waals surface area contributed by atoms with Crippen molar-refractivity contribution in [3.05, 3.63) is 83.9 Å². The molecule has 0 saturated carbocycles. The maximum absolute atomic E-state index is 6.97. The van der Waals surface area contributed by atoms with Crippen LogP contribution in [0.25, 0.3) is 0 Å². The highest BCUT2D eigenvalue weighted by Crippen LogP contribution is 2.68. The monoisotopic (exact) mass is 346 g/mol. The van der Waals surface area contributed by atoms with Crippen molar-refractivity contribution in [2.75, 3.05) is 5.75 Å². The highest BCUT2D eigenvalue weighted by atomic mass is 35.7. The van der Waals surface area contributed by atoms with Crippen LogP contribution in [-0.4, -0.2) is 11.0 Å². The topological polar surface area (TPSA) is 9.23 Å². The molecule has 122 valence electrons. The molecule has 0 aromatic heterocycles. The van der Waals surface area contributed by atoms with Gasteiger partial charge in [-0.15, -0.1) is 6.58 Å². The molecular weight excluding hydrogens is 324 g/mol. The highest BCUT2D eigenvalue weighted by molar-refractivity contribution is 8.48. The Balaban J connectivity index is 1.76. The molecule has 1 heterocycles. The highest BCUT2D eigenvalue weighted by Gasteiger charge is 2.42. The maximum atomic E-state index is 6.97. The van der Waals surface area contributed by atoms with Crippen LogP contribution >= 0.6 is 20.2 Å². The first kappa shape index (κ1) is 16.6. The fourth-order valence-corrected chi connectivity index (χ4v) is 6.82. The van der Waals surface area contributed by atoms with Crippen molar-refractivity contribution in [3.8, 4) is 0 Å². The zero-order valence-corrected chi connectivity index (χ0v) is 15.0. The van der Waals surface area contributed by atoms with Crippen LogP contribution in [0.4, 0.5) is 0 Å². The maximum Gasteiger partial charge on any atom is 0.0857 e. The van der Waals surface area contributed by atoms with E-state index in [2.05, 4.69) is 49.9 Å². The molecule has 1 aliphatic rings. The van der Waals surface area contributed by atoms with Gasteiger partial charge in [0.1, 0.15) is 0 Å². The van der Waals surface area contributed by atoms with Crippen LogP contribution in [0.5, 0.6) is 0 Å². The molecule has 3 rings (SSSR count). The molecule has 1 aliphatic heterocycles. The van der Waals surface area contributed by atoms with Crippen LogP contribution in [0.1, 0.15) is 29.0 Å². The van der Waals surface area contributed by atoms with Gasteiger partial charge in [-0.05, 0) is 56.2 Å². The van der Waals surface area contributed by atoms with Crippen molar-refractivity contribution in [1.82, 2.24) is 0 Å². The van der Waals surface area contributed by atoms with E-state index in [0.717, 1.165) is 12.2 Å². The van der Waals surface area contributed by atoms with Gasteiger partial charge in [0.25, 0.3) is 0 Å². The number of aryl methyl sites for hydroxylation is 1. The third-order valence-corrected chi connectivity index (χ3v) is 8.54. The quantitative estimate of drug-likeness (QED) is 0.592. The van der Waals surface area contributed by atoms with E-state index in [4.69, 9.17) is 14.9 Å². The number of hydrogen-bond acceptors (Lipinski definition) is 1. The van der Waals surface area contributed by atoms with Crippen LogP contribution in [-0.2, 0) is 10.8 Å². The fraction of sp³-hybridized carbons (Fsp3) is 0.300. The zero-order chi connectivity index (χ0) is 16.3. The second-order valence-corrected chi connectivity index (χ2v) is 10.1. The van der Waals surface area contributed by atoms with Crippen molar-refractivity contribution in [2.24, 2.45) is 0 Å². The Bertz CT molecular complexity index is 672. The molecule has 1 nitrogen and oxygen atoms in total. The van der Waals surface area contributed by atoms with Crippen LogP contribution in [0.15, 0.2) is 67.3 Å². The van der Waals surface area contributed by atoms with Gasteiger partial charge in [0, 0.05) is 11.0 Å². The van der Waals surface area contributed by atoms with Crippen LogP contribution in [0.3, 0.4) is 0 Å². The minimum absolute atomic E-state index is 0.248. The smallest absolute Gasteiger partial charge is 0.0857 e. The third-order valence-electron chi connectivity index (χ3n) is 4.55. The third kappa shape index (κ3) is 3.65. The van der Waals surface area contributed by atoms with Crippen LogP contribution in [0.2, 0.25) is 0 Å². The first-order valence-corrected chi connectivity index (χ1v) is 10.6. The molecule has 0 bridgehead atoms. The number of halogens is 1. The minimum Gasteiger partial charge on any atom is -0.318 e. The molecule has 3 heteroatoms. The van der Waals surface area contributed by atoms with E-state index in [0.29, 0.717) is 12.5 Å². The predicted octanol–water partition coefficient (Wildman–Crippen LogP) is 6.13. The summed E-state index contributed by atoms with van der Waals surface area (Å²) >= 11 is 0. The van der Waals surface area contributed by atoms with Crippen LogP contribution in [0, 0.1) is 6.92 Å². The molecule has 1 saturated heterocycles. The summed E-state index contributed by atoms with van der Waals surface area (Å²) in [6.07, 6.45) is 3.02. The van der Waals surface area contributed by atoms with Crippen molar-refractivity contribution >= 4 is 20.2 Å². The lowest BCUT2D eigenvalue weighted by molar-refractivity contribution is 0.351. The second-order valence-electron chi connectivity index (χ2n) is 6.12. The molecule has 0 N–H and O–H groups in total. The van der Waals surface area contributed by atoms with Gasteiger partial charge in [-0.3, -0.25) is 0 Å². The molecule has 1 fully saturated rings. The largest absolute Gasteiger partial charge is 0.318 e. The Morgan fingerprint density at radius 3 is 2.57 bits per heavy atom. The van der Waals surface area contributed by atoms with E-state index in [-0.39, 0.29) is 5.25 Å². The Labute approximate surface area is 145 Å². The normalized spacial score (nSPS) is 29.8.